The van der Waals surface area contributed by atoms with Gasteiger partial charge in [0.15, 0.2) is 0 Å². The monoisotopic (exact) mass is 332 g/mol. The Bertz CT molecular complexity index is 496. The molecule has 0 radical (unpaired) electrons. The number of nitrogens with zero attached hydrogens (tertiary/aromatic N) is 1. The Morgan fingerprint density at radius 3 is 2.75 bits per heavy atom. The number of hydrogen-bond donors (Lipinski definition) is 1. The molecule has 0 aromatic heterocycles. The summed E-state index contributed by atoms with van der Waals surface area (Å²) in [6.45, 7) is 10.7. The summed E-state index contributed by atoms with van der Waals surface area (Å²) >= 11 is 0. The van der Waals surface area contributed by atoms with Gasteiger partial charge >= 0.3 is 0 Å². The number of carbonyl (C=O) groups excluding carboxylic acids is 1. The van der Waals surface area contributed by atoms with E-state index in [2.05, 4.69) is 55.3 Å². The summed E-state index contributed by atoms with van der Waals surface area (Å²) in [5, 5.41) is 3.05. The standard InChI is InChI=1S/C20H32N2O2/c1-20(2,3)11-10-19(23)21-14-18-16-22(12-7-13-24-18)15-17-8-5-4-6-9-17/h4-6,8-9,18H,7,10-16H2,1-3H3,(H,21,23)/t18-/m0/s1. The number of carbonyl (C=O) groups is 1. The molecule has 1 N–H and O–H groups in total. The van der Waals surface area contributed by atoms with E-state index in [1.54, 1.807) is 0 Å². The largest absolute Gasteiger partial charge is 0.375 e. The van der Waals surface area contributed by atoms with Gasteiger partial charge in [-0.1, -0.05) is 51.1 Å². The normalized spacial score (nSPS) is 19.7. The molecule has 1 amide bonds. The van der Waals surface area contributed by atoms with Crippen LogP contribution in [0.4, 0.5) is 0 Å². The summed E-state index contributed by atoms with van der Waals surface area (Å²) in [5.74, 6) is 0.132. The molecule has 1 heterocycles. The Morgan fingerprint density at radius 2 is 2.04 bits per heavy atom. The predicted molar refractivity (Wildman–Crippen MR) is 97.8 cm³/mol. The van der Waals surface area contributed by atoms with Crippen molar-refractivity contribution >= 4 is 5.91 Å². The van der Waals surface area contributed by atoms with Crippen LogP contribution < -0.4 is 5.32 Å². The van der Waals surface area contributed by atoms with Crippen LogP contribution in [0.2, 0.25) is 0 Å². The molecule has 1 aromatic rings. The van der Waals surface area contributed by atoms with Crippen LogP contribution in [0.5, 0.6) is 0 Å². The van der Waals surface area contributed by atoms with E-state index in [0.29, 0.717) is 13.0 Å². The van der Waals surface area contributed by atoms with Gasteiger partial charge in [0.25, 0.3) is 0 Å². The molecule has 1 aliphatic rings. The first-order chi connectivity index (χ1) is 11.4. The van der Waals surface area contributed by atoms with Crippen molar-refractivity contribution in [1.29, 1.82) is 0 Å². The molecule has 0 bridgehead atoms. The van der Waals surface area contributed by atoms with Crippen molar-refractivity contribution in [3.8, 4) is 0 Å². The zero-order valence-corrected chi connectivity index (χ0v) is 15.4. The first kappa shape index (κ1) is 18.9. The molecule has 1 atom stereocenters. The van der Waals surface area contributed by atoms with Crippen molar-refractivity contribution < 1.29 is 9.53 Å². The van der Waals surface area contributed by atoms with Crippen molar-refractivity contribution in [3.63, 3.8) is 0 Å². The summed E-state index contributed by atoms with van der Waals surface area (Å²) < 4.78 is 5.91. The van der Waals surface area contributed by atoms with E-state index in [4.69, 9.17) is 4.74 Å². The highest BCUT2D eigenvalue weighted by atomic mass is 16.5. The van der Waals surface area contributed by atoms with Gasteiger partial charge in [-0.25, -0.2) is 0 Å². The molecule has 1 aromatic carbocycles. The molecule has 1 fully saturated rings. The Balaban J connectivity index is 1.76. The highest BCUT2D eigenvalue weighted by Crippen LogP contribution is 2.20. The van der Waals surface area contributed by atoms with Crippen LogP contribution >= 0.6 is 0 Å². The van der Waals surface area contributed by atoms with E-state index >= 15 is 0 Å². The fourth-order valence-corrected chi connectivity index (χ4v) is 2.88. The fraction of sp³-hybridized carbons (Fsp3) is 0.650. The molecule has 0 aliphatic carbocycles. The SMILES string of the molecule is CC(C)(C)CCC(=O)NC[C@H]1CN(Cc2ccccc2)CCCO1. The predicted octanol–water partition coefficient (Wildman–Crippen LogP) is 3.22. The second-order valence-corrected chi connectivity index (χ2v) is 7.93. The number of rotatable bonds is 6. The second kappa shape index (κ2) is 9.19. The Morgan fingerprint density at radius 1 is 1.29 bits per heavy atom. The van der Waals surface area contributed by atoms with Gasteiger partial charge in [-0.05, 0) is 23.8 Å². The van der Waals surface area contributed by atoms with Gasteiger partial charge in [0.05, 0.1) is 6.10 Å². The summed E-state index contributed by atoms with van der Waals surface area (Å²) in [6, 6.07) is 10.5. The molecule has 134 valence electrons. The van der Waals surface area contributed by atoms with E-state index in [9.17, 15) is 4.79 Å². The average molecular weight is 332 g/mol. The Labute approximate surface area is 146 Å². The van der Waals surface area contributed by atoms with Crippen molar-refractivity contribution in [2.75, 3.05) is 26.2 Å². The molecule has 24 heavy (non-hydrogen) atoms. The van der Waals surface area contributed by atoms with Gasteiger partial charge in [0.1, 0.15) is 0 Å². The minimum atomic E-state index is 0.0785. The molecule has 4 heteroatoms. The lowest BCUT2D eigenvalue weighted by atomic mass is 9.90. The third-order valence-corrected chi connectivity index (χ3v) is 4.31. The molecule has 0 unspecified atom stereocenters. The molecule has 4 nitrogen and oxygen atoms in total. The number of hydrogen-bond acceptors (Lipinski definition) is 3. The molecule has 2 rings (SSSR count). The first-order valence-corrected chi connectivity index (χ1v) is 9.07. The van der Waals surface area contributed by atoms with Gasteiger partial charge in [-0.15, -0.1) is 0 Å². The van der Waals surface area contributed by atoms with Crippen LogP contribution in [0, 0.1) is 5.41 Å². The first-order valence-electron chi connectivity index (χ1n) is 9.07. The highest BCUT2D eigenvalue weighted by Gasteiger charge is 2.20. The minimum Gasteiger partial charge on any atom is -0.375 e. The summed E-state index contributed by atoms with van der Waals surface area (Å²) in [7, 11) is 0. The maximum Gasteiger partial charge on any atom is 0.220 e. The summed E-state index contributed by atoms with van der Waals surface area (Å²) in [4.78, 5) is 14.4. The maximum atomic E-state index is 12.0. The van der Waals surface area contributed by atoms with Crippen LogP contribution in [0.15, 0.2) is 30.3 Å². The van der Waals surface area contributed by atoms with Crippen LogP contribution in [0.1, 0.15) is 45.6 Å². The average Bonchev–Trinajstić information content (AvgIpc) is 2.76. The molecule has 0 saturated carbocycles. The third-order valence-electron chi connectivity index (χ3n) is 4.31. The second-order valence-electron chi connectivity index (χ2n) is 7.93. The fourth-order valence-electron chi connectivity index (χ4n) is 2.88. The zero-order valence-electron chi connectivity index (χ0n) is 15.4. The minimum absolute atomic E-state index is 0.0785. The lowest BCUT2D eigenvalue weighted by Gasteiger charge is -2.24. The van der Waals surface area contributed by atoms with Crippen molar-refractivity contribution in [2.45, 2.75) is 52.7 Å². The lowest BCUT2D eigenvalue weighted by molar-refractivity contribution is -0.122. The van der Waals surface area contributed by atoms with Crippen LogP contribution in [-0.4, -0.2) is 43.2 Å². The summed E-state index contributed by atoms with van der Waals surface area (Å²) in [6.07, 6.45) is 2.62. The third kappa shape index (κ3) is 7.45. The van der Waals surface area contributed by atoms with Crippen LogP contribution in [0.3, 0.4) is 0 Å². The van der Waals surface area contributed by atoms with E-state index in [1.807, 2.05) is 6.07 Å². The zero-order chi connectivity index (χ0) is 17.4. The smallest absolute Gasteiger partial charge is 0.220 e. The van der Waals surface area contributed by atoms with E-state index in [0.717, 1.165) is 39.1 Å². The van der Waals surface area contributed by atoms with Gasteiger partial charge in [-0.3, -0.25) is 9.69 Å². The number of ether oxygens (including phenoxy) is 1. The topological polar surface area (TPSA) is 41.6 Å². The highest BCUT2D eigenvalue weighted by molar-refractivity contribution is 5.75. The number of nitrogens with one attached hydrogen (secondary N) is 1. The Hall–Kier alpha value is -1.39. The van der Waals surface area contributed by atoms with Crippen molar-refractivity contribution in [2.24, 2.45) is 5.41 Å². The quantitative estimate of drug-likeness (QED) is 0.870. The number of benzene rings is 1. The van der Waals surface area contributed by atoms with E-state index in [1.165, 1.54) is 5.56 Å². The lowest BCUT2D eigenvalue weighted by Crippen LogP contribution is -2.40. The van der Waals surface area contributed by atoms with E-state index < -0.39 is 0 Å². The van der Waals surface area contributed by atoms with Gasteiger partial charge < -0.3 is 10.1 Å². The van der Waals surface area contributed by atoms with Crippen molar-refractivity contribution in [3.05, 3.63) is 35.9 Å². The van der Waals surface area contributed by atoms with Gasteiger partial charge in [-0.2, -0.15) is 0 Å². The number of amides is 1. The molecule has 1 saturated heterocycles. The molecule has 0 spiro atoms. The van der Waals surface area contributed by atoms with Gasteiger partial charge in [0.2, 0.25) is 5.91 Å². The van der Waals surface area contributed by atoms with Crippen LogP contribution in [0.25, 0.3) is 0 Å². The molecular formula is C20H32N2O2. The molecular weight excluding hydrogens is 300 g/mol. The van der Waals surface area contributed by atoms with Gasteiger partial charge in [0, 0.05) is 39.2 Å². The summed E-state index contributed by atoms with van der Waals surface area (Å²) in [5.41, 5.74) is 1.52. The Kier molecular flexibility index (Phi) is 7.25. The van der Waals surface area contributed by atoms with E-state index in [-0.39, 0.29) is 17.4 Å². The van der Waals surface area contributed by atoms with Crippen LogP contribution in [-0.2, 0) is 16.1 Å². The maximum absolute atomic E-state index is 12.0. The van der Waals surface area contributed by atoms with Crippen molar-refractivity contribution in [1.82, 2.24) is 10.2 Å². The molecule has 1 aliphatic heterocycles.